The predicted molar refractivity (Wildman–Crippen MR) is 92.6 cm³/mol. The molecule has 0 aliphatic carbocycles. The van der Waals surface area contributed by atoms with Crippen molar-refractivity contribution in [3.63, 3.8) is 0 Å². The number of likely N-dealkylation sites (tertiary alicyclic amines) is 1. The zero-order chi connectivity index (χ0) is 18.9. The molecule has 26 heavy (non-hydrogen) atoms. The van der Waals surface area contributed by atoms with Crippen molar-refractivity contribution in [3.8, 4) is 0 Å². The van der Waals surface area contributed by atoms with Crippen LogP contribution in [0.4, 0.5) is 0 Å². The summed E-state index contributed by atoms with van der Waals surface area (Å²) >= 11 is 0. The van der Waals surface area contributed by atoms with E-state index in [1.54, 1.807) is 11.8 Å². The van der Waals surface area contributed by atoms with Crippen molar-refractivity contribution >= 4 is 17.8 Å². The van der Waals surface area contributed by atoms with Gasteiger partial charge in [0.2, 0.25) is 11.8 Å². The van der Waals surface area contributed by atoms with Crippen molar-refractivity contribution in [2.75, 3.05) is 39.4 Å². The van der Waals surface area contributed by atoms with Crippen LogP contribution in [0.15, 0.2) is 0 Å². The molecule has 1 atom stereocenters. The maximum atomic E-state index is 12.4. The van der Waals surface area contributed by atoms with Gasteiger partial charge in [-0.25, -0.2) is 4.79 Å². The van der Waals surface area contributed by atoms with Gasteiger partial charge in [0, 0.05) is 13.1 Å². The number of aliphatic carboxylic acids is 1. The average molecular weight is 371 g/mol. The normalized spacial score (nSPS) is 20.6. The van der Waals surface area contributed by atoms with Crippen molar-refractivity contribution < 1.29 is 29.0 Å². The summed E-state index contributed by atoms with van der Waals surface area (Å²) in [5, 5.41) is 14.5. The molecule has 0 bridgehead atoms. The summed E-state index contributed by atoms with van der Waals surface area (Å²) in [4.78, 5) is 36.6. The van der Waals surface area contributed by atoms with Crippen molar-refractivity contribution in [1.29, 1.82) is 0 Å². The van der Waals surface area contributed by atoms with E-state index < -0.39 is 12.0 Å². The van der Waals surface area contributed by atoms with Gasteiger partial charge in [-0.15, -0.1) is 0 Å². The van der Waals surface area contributed by atoms with E-state index in [2.05, 4.69) is 10.6 Å². The molecule has 0 aromatic rings. The molecule has 3 N–H and O–H groups in total. The first kappa shape index (κ1) is 20.6. The Hall–Kier alpha value is -1.71. The molecule has 0 saturated carbocycles. The van der Waals surface area contributed by atoms with Gasteiger partial charge in [0.25, 0.3) is 0 Å². The molecule has 0 spiro atoms. The molecular weight excluding hydrogens is 342 g/mol. The van der Waals surface area contributed by atoms with Crippen LogP contribution in [0.1, 0.15) is 32.6 Å². The van der Waals surface area contributed by atoms with E-state index in [1.807, 2.05) is 0 Å². The number of nitrogens with one attached hydrogen (secondary N) is 2. The third-order valence-corrected chi connectivity index (χ3v) is 4.68. The number of hydrogen-bond donors (Lipinski definition) is 3. The number of carbonyl (C=O) groups is 3. The highest BCUT2D eigenvalue weighted by Gasteiger charge is 2.27. The largest absolute Gasteiger partial charge is 0.480 e. The Morgan fingerprint density at radius 2 is 1.65 bits per heavy atom. The zero-order valence-corrected chi connectivity index (χ0v) is 15.2. The average Bonchev–Trinajstić information content (AvgIpc) is 2.65. The molecule has 2 saturated heterocycles. The number of carbonyl (C=O) groups excluding carboxylic acids is 2. The van der Waals surface area contributed by atoms with Crippen molar-refractivity contribution in [2.24, 2.45) is 0 Å². The Bertz CT molecular complexity index is 487. The van der Waals surface area contributed by atoms with Gasteiger partial charge in [0.1, 0.15) is 19.3 Å². The van der Waals surface area contributed by atoms with Crippen LogP contribution in [-0.4, -0.2) is 85.4 Å². The highest BCUT2D eigenvalue weighted by Crippen LogP contribution is 2.14. The lowest BCUT2D eigenvalue weighted by molar-refractivity contribution is -0.147. The summed E-state index contributed by atoms with van der Waals surface area (Å²) in [6.07, 6.45) is 2.93. The van der Waals surface area contributed by atoms with Crippen LogP contribution in [0.5, 0.6) is 0 Å². The summed E-state index contributed by atoms with van der Waals surface area (Å²) in [7, 11) is 0. The second kappa shape index (κ2) is 10.4. The molecule has 9 heteroatoms. The maximum absolute atomic E-state index is 12.4. The number of carboxylic acids is 1. The Morgan fingerprint density at radius 3 is 2.27 bits per heavy atom. The van der Waals surface area contributed by atoms with Crippen LogP contribution in [0.25, 0.3) is 0 Å². The summed E-state index contributed by atoms with van der Waals surface area (Å²) in [6, 6.07) is -0.615. The lowest BCUT2D eigenvalue weighted by atomic mass is 10.1. The number of rotatable bonds is 8. The Balaban J connectivity index is 1.65. The van der Waals surface area contributed by atoms with Crippen LogP contribution in [0.3, 0.4) is 0 Å². The minimum Gasteiger partial charge on any atom is -0.480 e. The third-order valence-electron chi connectivity index (χ3n) is 4.68. The quantitative estimate of drug-likeness (QED) is 0.519. The molecule has 2 rings (SSSR count). The van der Waals surface area contributed by atoms with E-state index in [0.29, 0.717) is 25.9 Å². The first-order chi connectivity index (χ1) is 12.5. The van der Waals surface area contributed by atoms with Crippen molar-refractivity contribution in [3.05, 3.63) is 0 Å². The summed E-state index contributed by atoms with van der Waals surface area (Å²) in [6.45, 7) is 4.09. The molecule has 2 heterocycles. The fourth-order valence-corrected chi connectivity index (χ4v) is 3.21. The molecule has 0 aromatic carbocycles. The monoisotopic (exact) mass is 371 g/mol. The van der Waals surface area contributed by atoms with Gasteiger partial charge in [0.15, 0.2) is 0 Å². The number of piperidine rings is 2. The predicted octanol–water partition coefficient (Wildman–Crippen LogP) is -0.648. The first-order valence-electron chi connectivity index (χ1n) is 9.19. The molecule has 0 radical (unpaired) electrons. The molecule has 2 aliphatic heterocycles. The van der Waals surface area contributed by atoms with Gasteiger partial charge in [-0.05, 0) is 45.7 Å². The highest BCUT2D eigenvalue weighted by atomic mass is 16.5. The summed E-state index contributed by atoms with van der Waals surface area (Å²) in [5.74, 6) is -1.42. The number of carboxylic acid groups (broad SMARTS) is 1. The third kappa shape index (κ3) is 6.89. The molecule has 2 aliphatic rings. The van der Waals surface area contributed by atoms with E-state index >= 15 is 0 Å². The van der Waals surface area contributed by atoms with E-state index in [9.17, 15) is 14.4 Å². The first-order valence-corrected chi connectivity index (χ1v) is 9.19. The van der Waals surface area contributed by atoms with Gasteiger partial charge in [0.05, 0.1) is 12.2 Å². The topological polar surface area (TPSA) is 117 Å². The minimum atomic E-state index is -0.994. The van der Waals surface area contributed by atoms with Gasteiger partial charge < -0.3 is 30.1 Å². The SMILES string of the molecule is CC(NC(=O)COC1CCNCC1)C(=O)N1CCC(OCC(=O)O)CC1. The van der Waals surface area contributed by atoms with Crippen LogP contribution in [0.2, 0.25) is 0 Å². The second-order valence-corrected chi connectivity index (χ2v) is 6.78. The van der Waals surface area contributed by atoms with Gasteiger partial charge >= 0.3 is 5.97 Å². The lowest BCUT2D eigenvalue weighted by Crippen LogP contribution is -2.51. The van der Waals surface area contributed by atoms with E-state index in [4.69, 9.17) is 14.6 Å². The maximum Gasteiger partial charge on any atom is 0.329 e. The molecule has 148 valence electrons. The molecule has 1 unspecified atom stereocenters. The van der Waals surface area contributed by atoms with Crippen LogP contribution < -0.4 is 10.6 Å². The Kier molecular flexibility index (Phi) is 8.27. The van der Waals surface area contributed by atoms with Crippen LogP contribution in [0, 0.1) is 0 Å². The fraction of sp³-hybridized carbons (Fsp3) is 0.824. The minimum absolute atomic E-state index is 0.0343. The highest BCUT2D eigenvalue weighted by molar-refractivity contribution is 5.87. The summed E-state index contributed by atoms with van der Waals surface area (Å²) < 4.78 is 10.8. The smallest absolute Gasteiger partial charge is 0.329 e. The molecule has 0 aromatic heterocycles. The molecular formula is C17H29N3O6. The molecule has 9 nitrogen and oxygen atoms in total. The number of ether oxygens (including phenoxy) is 2. The number of hydrogen-bond acceptors (Lipinski definition) is 6. The number of amides is 2. The van der Waals surface area contributed by atoms with Crippen LogP contribution in [-0.2, 0) is 23.9 Å². The van der Waals surface area contributed by atoms with Gasteiger partial charge in [-0.3, -0.25) is 9.59 Å². The molecule has 2 amide bonds. The van der Waals surface area contributed by atoms with Crippen molar-refractivity contribution in [1.82, 2.24) is 15.5 Å². The molecule has 2 fully saturated rings. The lowest BCUT2D eigenvalue weighted by Gasteiger charge is -2.33. The van der Waals surface area contributed by atoms with Crippen molar-refractivity contribution in [2.45, 2.75) is 50.9 Å². The Morgan fingerprint density at radius 1 is 1.08 bits per heavy atom. The van der Waals surface area contributed by atoms with E-state index in [1.165, 1.54) is 0 Å². The van der Waals surface area contributed by atoms with Gasteiger partial charge in [-0.2, -0.15) is 0 Å². The van der Waals surface area contributed by atoms with E-state index in [-0.39, 0.29) is 37.2 Å². The van der Waals surface area contributed by atoms with Gasteiger partial charge in [-0.1, -0.05) is 0 Å². The second-order valence-electron chi connectivity index (χ2n) is 6.78. The van der Waals surface area contributed by atoms with Crippen LogP contribution >= 0.6 is 0 Å². The standard InChI is InChI=1S/C17H29N3O6/c1-12(19-15(21)10-25-13-2-6-18-7-3-13)17(24)20-8-4-14(5-9-20)26-11-16(22)23/h12-14,18H,2-11H2,1H3,(H,19,21)(H,22,23). The Labute approximate surface area is 153 Å². The zero-order valence-electron chi connectivity index (χ0n) is 15.2. The summed E-state index contributed by atoms with van der Waals surface area (Å²) in [5.41, 5.74) is 0. The fourth-order valence-electron chi connectivity index (χ4n) is 3.21. The number of nitrogens with zero attached hydrogens (tertiary/aromatic N) is 1. The van der Waals surface area contributed by atoms with E-state index in [0.717, 1.165) is 25.9 Å².